The summed E-state index contributed by atoms with van der Waals surface area (Å²) in [5.41, 5.74) is 7.33. The van der Waals surface area contributed by atoms with Crippen molar-refractivity contribution in [3.05, 3.63) is 53.3 Å². The molecule has 0 amide bonds. The summed E-state index contributed by atoms with van der Waals surface area (Å²) in [5.74, 6) is -1.00. The second kappa shape index (κ2) is 10.0. The van der Waals surface area contributed by atoms with Crippen LogP contribution in [0.15, 0.2) is 36.5 Å². The van der Waals surface area contributed by atoms with E-state index in [1.807, 2.05) is 4.90 Å². The van der Waals surface area contributed by atoms with E-state index < -0.39 is 24.3 Å². The molecule has 2 atom stereocenters. The molecule has 4 heterocycles. The number of nitrogens with one attached hydrogen (secondary N) is 1. The van der Waals surface area contributed by atoms with Crippen LogP contribution in [0.5, 0.6) is 5.88 Å². The number of nitrogens with two attached hydrogens (primary N) is 1. The molecule has 2 aliphatic rings. The van der Waals surface area contributed by atoms with Crippen molar-refractivity contribution in [3.63, 3.8) is 0 Å². The summed E-state index contributed by atoms with van der Waals surface area (Å²) < 4.78 is 50.2. The number of benzene rings is 1. The van der Waals surface area contributed by atoms with Crippen LogP contribution < -0.4 is 20.7 Å². The van der Waals surface area contributed by atoms with Gasteiger partial charge in [0.1, 0.15) is 11.9 Å². The summed E-state index contributed by atoms with van der Waals surface area (Å²) in [6, 6.07) is 7.11. The maximum atomic E-state index is 14.4. The summed E-state index contributed by atoms with van der Waals surface area (Å²) in [7, 11) is 0. The minimum absolute atomic E-state index is 0.114. The molecule has 0 aliphatic carbocycles. The molecule has 0 radical (unpaired) electrons. The number of anilines is 2. The van der Waals surface area contributed by atoms with E-state index in [1.54, 1.807) is 38.2 Å². The predicted octanol–water partition coefficient (Wildman–Crippen LogP) is 3.58. The fourth-order valence-electron chi connectivity index (χ4n) is 5.39. The van der Waals surface area contributed by atoms with Gasteiger partial charge in [0.05, 0.1) is 11.4 Å². The summed E-state index contributed by atoms with van der Waals surface area (Å²) >= 11 is 0. The maximum Gasteiger partial charge on any atom is 0.429 e. The molecule has 2 aliphatic heterocycles. The number of ether oxygens (including phenoxy) is 1. The number of carboxylic acid groups (broad SMARTS) is 1. The van der Waals surface area contributed by atoms with Crippen LogP contribution in [-0.4, -0.2) is 62.7 Å². The van der Waals surface area contributed by atoms with Crippen LogP contribution in [0.2, 0.25) is 0 Å². The number of aromatic nitrogens is 4. The van der Waals surface area contributed by atoms with Crippen molar-refractivity contribution in [2.24, 2.45) is 5.41 Å². The van der Waals surface area contributed by atoms with Crippen molar-refractivity contribution in [2.45, 2.75) is 51.4 Å². The van der Waals surface area contributed by atoms with Crippen LogP contribution >= 0.6 is 0 Å². The van der Waals surface area contributed by atoms with Gasteiger partial charge in [-0.15, -0.1) is 0 Å². The van der Waals surface area contributed by atoms with Gasteiger partial charge in [-0.2, -0.15) is 28.2 Å². The minimum atomic E-state index is -4.76. The van der Waals surface area contributed by atoms with Crippen molar-refractivity contribution in [2.75, 3.05) is 30.3 Å². The lowest BCUT2D eigenvalue weighted by Gasteiger charge is -2.39. The molecule has 10 nitrogen and oxygen atoms in total. The molecular formula is C26H30F3N7O3. The molecular weight excluding hydrogens is 515 g/mol. The maximum absolute atomic E-state index is 14.4. The summed E-state index contributed by atoms with van der Waals surface area (Å²) in [6.07, 6.45) is -3.53. The number of rotatable bonds is 6. The lowest BCUT2D eigenvalue weighted by Crippen LogP contribution is -2.41. The first-order valence-electron chi connectivity index (χ1n) is 12.6. The second-order valence-electron chi connectivity index (χ2n) is 10.4. The molecule has 208 valence electrons. The second-order valence-corrected chi connectivity index (χ2v) is 10.4. The normalized spacial score (nSPS) is 19.8. The number of hydrogen-bond donors (Lipinski definition) is 3. The first kappa shape index (κ1) is 26.7. The van der Waals surface area contributed by atoms with E-state index in [1.165, 1.54) is 16.8 Å². The van der Waals surface area contributed by atoms with Crippen LogP contribution in [0.3, 0.4) is 0 Å². The molecule has 0 saturated carbocycles. The van der Waals surface area contributed by atoms with Gasteiger partial charge in [0.2, 0.25) is 17.9 Å². The van der Waals surface area contributed by atoms with Gasteiger partial charge in [-0.25, -0.2) is 4.68 Å². The van der Waals surface area contributed by atoms with E-state index in [0.29, 0.717) is 50.4 Å². The predicted molar refractivity (Wildman–Crippen MR) is 137 cm³/mol. The number of nitrogens with zero attached hydrogens (tertiary/aromatic N) is 5. The summed E-state index contributed by atoms with van der Waals surface area (Å²) in [4.78, 5) is 21.5. The molecule has 2 fully saturated rings. The Hall–Kier alpha value is -3.87. The number of aliphatic carboxylic acids is 1. The Labute approximate surface area is 223 Å². The number of carbonyl (C=O) groups is 1. The SMILES string of the molecule is Cc1ccc([C@@H](Oc2cc(N3CCC4(CC3)CNC(C(=O)O)C4)nc(N)n2)C(F)(F)F)c(-n2ccc(C)n2)c1. The Morgan fingerprint density at radius 3 is 2.56 bits per heavy atom. The lowest BCUT2D eigenvalue weighted by molar-refractivity contribution is -0.198. The summed E-state index contributed by atoms with van der Waals surface area (Å²) in [5, 5.41) is 16.7. The molecule has 3 aromatic rings. The van der Waals surface area contributed by atoms with E-state index in [0.717, 1.165) is 5.56 Å². The third-order valence-electron chi connectivity index (χ3n) is 7.49. The number of carboxylic acids is 1. The first-order chi connectivity index (χ1) is 18.4. The Morgan fingerprint density at radius 1 is 1.21 bits per heavy atom. The van der Waals surface area contributed by atoms with E-state index in [4.69, 9.17) is 10.5 Å². The topological polar surface area (TPSA) is 131 Å². The van der Waals surface area contributed by atoms with Crippen molar-refractivity contribution in [3.8, 4) is 11.6 Å². The fourth-order valence-corrected chi connectivity index (χ4v) is 5.39. The average Bonchev–Trinajstić information content (AvgIpc) is 3.49. The van der Waals surface area contributed by atoms with Gasteiger partial charge in [0, 0.05) is 37.5 Å². The molecule has 39 heavy (non-hydrogen) atoms. The van der Waals surface area contributed by atoms with Gasteiger partial charge in [-0.05, 0) is 56.2 Å². The van der Waals surface area contributed by atoms with E-state index >= 15 is 0 Å². The number of nitrogen functional groups attached to an aromatic ring is 1. The Balaban J connectivity index is 1.40. The smallest absolute Gasteiger partial charge is 0.429 e. The number of hydrogen-bond acceptors (Lipinski definition) is 8. The zero-order valence-electron chi connectivity index (χ0n) is 21.6. The van der Waals surface area contributed by atoms with Crippen LogP contribution in [0.4, 0.5) is 24.9 Å². The van der Waals surface area contributed by atoms with Crippen LogP contribution in [0, 0.1) is 19.3 Å². The molecule has 1 spiro atoms. The van der Waals surface area contributed by atoms with Crippen molar-refractivity contribution >= 4 is 17.7 Å². The average molecular weight is 546 g/mol. The van der Waals surface area contributed by atoms with Gasteiger partial charge in [-0.1, -0.05) is 12.1 Å². The molecule has 5 rings (SSSR count). The number of aryl methyl sites for hydroxylation is 2. The van der Waals surface area contributed by atoms with Crippen molar-refractivity contribution < 1.29 is 27.8 Å². The van der Waals surface area contributed by atoms with Crippen LogP contribution in [-0.2, 0) is 4.79 Å². The quantitative estimate of drug-likeness (QED) is 0.425. The highest BCUT2D eigenvalue weighted by Gasteiger charge is 2.46. The number of piperidine rings is 1. The Kier molecular flexibility index (Phi) is 6.87. The first-order valence-corrected chi connectivity index (χ1v) is 12.6. The lowest BCUT2D eigenvalue weighted by atomic mass is 9.76. The van der Waals surface area contributed by atoms with Gasteiger partial charge in [-0.3, -0.25) is 4.79 Å². The Bertz CT molecular complexity index is 1370. The molecule has 2 aromatic heterocycles. The Morgan fingerprint density at radius 2 is 1.95 bits per heavy atom. The molecule has 2 saturated heterocycles. The monoisotopic (exact) mass is 545 g/mol. The molecule has 1 aromatic carbocycles. The van der Waals surface area contributed by atoms with E-state index in [-0.39, 0.29) is 28.5 Å². The van der Waals surface area contributed by atoms with Crippen LogP contribution in [0.1, 0.15) is 42.2 Å². The van der Waals surface area contributed by atoms with Gasteiger partial charge < -0.3 is 25.8 Å². The zero-order valence-corrected chi connectivity index (χ0v) is 21.6. The molecule has 13 heteroatoms. The van der Waals surface area contributed by atoms with Gasteiger partial charge in [0.25, 0.3) is 0 Å². The third-order valence-corrected chi connectivity index (χ3v) is 7.49. The van der Waals surface area contributed by atoms with E-state index in [2.05, 4.69) is 20.4 Å². The van der Waals surface area contributed by atoms with E-state index in [9.17, 15) is 23.1 Å². The highest BCUT2D eigenvalue weighted by molar-refractivity contribution is 5.74. The zero-order chi connectivity index (χ0) is 27.9. The fraction of sp³-hybridized carbons (Fsp3) is 0.462. The van der Waals surface area contributed by atoms with Crippen LogP contribution in [0.25, 0.3) is 5.69 Å². The van der Waals surface area contributed by atoms with Gasteiger partial charge >= 0.3 is 12.1 Å². The molecule has 0 bridgehead atoms. The molecule has 1 unspecified atom stereocenters. The van der Waals surface area contributed by atoms with Crippen molar-refractivity contribution in [1.29, 1.82) is 0 Å². The minimum Gasteiger partial charge on any atom is -0.480 e. The van der Waals surface area contributed by atoms with Gasteiger partial charge in [0.15, 0.2) is 0 Å². The number of halogens is 3. The highest BCUT2D eigenvalue weighted by Crippen LogP contribution is 2.42. The summed E-state index contributed by atoms with van der Waals surface area (Å²) in [6.45, 7) is 5.25. The van der Waals surface area contributed by atoms with Crippen molar-refractivity contribution in [1.82, 2.24) is 25.1 Å². The largest absolute Gasteiger partial charge is 0.480 e. The third kappa shape index (κ3) is 5.63. The number of alkyl halides is 3. The standard InChI is InChI=1S/C26H30F3N7O3/c1-15-3-4-17(19(11-15)36-8-5-16(2)34-36)22(26(27,28)29)39-21-12-20(32-24(30)33-21)35-9-6-25(7-10-35)13-18(23(37)38)31-14-25/h3-5,8,11-12,18,22,31H,6-7,9-10,13-14H2,1-2H3,(H,37,38)(H2,30,32,33)/t18?,22-/m1/s1. The molecule has 4 N–H and O–H groups in total. The highest BCUT2D eigenvalue weighted by atomic mass is 19.4.